The van der Waals surface area contributed by atoms with Gasteiger partial charge in [-0.25, -0.2) is 0 Å². The van der Waals surface area contributed by atoms with Crippen molar-refractivity contribution in [3.05, 3.63) is 65.2 Å². The average molecular weight is 339 g/mol. The number of thioether (sulfide) groups is 1. The molecule has 1 amide bonds. The van der Waals surface area contributed by atoms with Gasteiger partial charge in [-0.2, -0.15) is 13.2 Å². The molecule has 0 aromatic heterocycles. The quantitative estimate of drug-likeness (QED) is 0.753. The summed E-state index contributed by atoms with van der Waals surface area (Å²) in [4.78, 5) is 14.7. The molecular formula is C17H16F3NOS. The predicted molar refractivity (Wildman–Crippen MR) is 85.5 cm³/mol. The van der Waals surface area contributed by atoms with Gasteiger partial charge in [0.1, 0.15) is 0 Å². The highest BCUT2D eigenvalue weighted by Crippen LogP contribution is 2.32. The van der Waals surface area contributed by atoms with E-state index in [-0.39, 0.29) is 12.1 Å². The van der Waals surface area contributed by atoms with Gasteiger partial charge in [-0.1, -0.05) is 24.3 Å². The number of alkyl halides is 3. The first-order chi connectivity index (χ1) is 10.8. The first kappa shape index (κ1) is 17.4. The maximum Gasteiger partial charge on any atom is 0.417 e. The lowest BCUT2D eigenvalue weighted by Crippen LogP contribution is -2.28. The second-order valence-corrected chi connectivity index (χ2v) is 5.94. The van der Waals surface area contributed by atoms with E-state index < -0.39 is 17.6 Å². The topological polar surface area (TPSA) is 20.3 Å². The molecule has 2 rings (SSSR count). The van der Waals surface area contributed by atoms with Crippen LogP contribution < -0.4 is 0 Å². The number of hydrogen-bond donors (Lipinski definition) is 0. The number of amides is 1. The third kappa shape index (κ3) is 4.28. The van der Waals surface area contributed by atoms with Crippen LogP contribution in [-0.4, -0.2) is 24.1 Å². The van der Waals surface area contributed by atoms with Crippen molar-refractivity contribution in [2.75, 3.05) is 13.3 Å². The number of hydrogen-bond acceptors (Lipinski definition) is 2. The normalized spacial score (nSPS) is 11.3. The van der Waals surface area contributed by atoms with Crippen molar-refractivity contribution in [1.82, 2.24) is 4.90 Å². The van der Waals surface area contributed by atoms with E-state index in [0.717, 1.165) is 16.5 Å². The molecule has 0 fully saturated rings. The van der Waals surface area contributed by atoms with Crippen LogP contribution in [0.3, 0.4) is 0 Å². The zero-order chi connectivity index (χ0) is 17.0. The van der Waals surface area contributed by atoms with Gasteiger partial charge in [0.05, 0.1) is 11.1 Å². The second-order valence-electron chi connectivity index (χ2n) is 5.06. The number of halogens is 3. The molecule has 0 spiro atoms. The molecule has 0 aliphatic heterocycles. The van der Waals surface area contributed by atoms with Crippen molar-refractivity contribution < 1.29 is 18.0 Å². The molecule has 122 valence electrons. The Bertz CT molecular complexity index is 700. The van der Waals surface area contributed by atoms with Gasteiger partial charge in [-0.05, 0) is 36.1 Å². The molecule has 0 atom stereocenters. The number of rotatable bonds is 4. The zero-order valence-electron chi connectivity index (χ0n) is 12.7. The average Bonchev–Trinajstić information content (AvgIpc) is 2.53. The van der Waals surface area contributed by atoms with Gasteiger partial charge < -0.3 is 4.90 Å². The van der Waals surface area contributed by atoms with Crippen LogP contribution in [-0.2, 0) is 12.7 Å². The molecule has 2 aromatic carbocycles. The van der Waals surface area contributed by atoms with Crippen molar-refractivity contribution in [3.63, 3.8) is 0 Å². The van der Waals surface area contributed by atoms with E-state index in [2.05, 4.69) is 0 Å². The Morgan fingerprint density at radius 1 is 1.13 bits per heavy atom. The molecule has 0 N–H and O–H groups in total. The smallest absolute Gasteiger partial charge is 0.337 e. The van der Waals surface area contributed by atoms with Crippen LogP contribution in [0.1, 0.15) is 21.5 Å². The molecule has 6 heteroatoms. The van der Waals surface area contributed by atoms with Gasteiger partial charge in [0.15, 0.2) is 0 Å². The monoisotopic (exact) mass is 339 g/mol. The zero-order valence-corrected chi connectivity index (χ0v) is 13.5. The Kier molecular flexibility index (Phi) is 5.36. The van der Waals surface area contributed by atoms with E-state index in [1.165, 1.54) is 30.1 Å². The maximum atomic E-state index is 13.0. The second kappa shape index (κ2) is 7.08. The summed E-state index contributed by atoms with van der Waals surface area (Å²) in [6.45, 7) is 0.249. The first-order valence-corrected chi connectivity index (χ1v) is 8.10. The third-order valence-electron chi connectivity index (χ3n) is 3.36. The fraction of sp³-hybridized carbons (Fsp3) is 0.235. The van der Waals surface area contributed by atoms with Gasteiger partial charge in [0.2, 0.25) is 0 Å². The summed E-state index contributed by atoms with van der Waals surface area (Å²) < 4.78 is 39.1. The summed E-state index contributed by atoms with van der Waals surface area (Å²) in [5.41, 5.74) is -0.365. The molecule has 0 unspecified atom stereocenters. The highest BCUT2D eigenvalue weighted by molar-refractivity contribution is 7.98. The van der Waals surface area contributed by atoms with E-state index >= 15 is 0 Å². The highest BCUT2D eigenvalue weighted by atomic mass is 32.2. The Morgan fingerprint density at radius 2 is 1.83 bits per heavy atom. The van der Waals surface area contributed by atoms with Gasteiger partial charge in [0.25, 0.3) is 5.91 Å². The SMILES string of the molecule is CSc1cccc(CN(C)C(=O)c2ccccc2C(F)(F)F)c1. The minimum atomic E-state index is -4.55. The van der Waals surface area contributed by atoms with E-state index in [9.17, 15) is 18.0 Å². The van der Waals surface area contributed by atoms with Crippen LogP contribution in [0.4, 0.5) is 13.2 Å². The molecule has 0 saturated heterocycles. The van der Waals surface area contributed by atoms with Crippen molar-refractivity contribution in [1.29, 1.82) is 0 Å². The fourth-order valence-corrected chi connectivity index (χ4v) is 2.72. The van der Waals surface area contributed by atoms with Crippen molar-refractivity contribution in [2.24, 2.45) is 0 Å². The summed E-state index contributed by atoms with van der Waals surface area (Å²) in [6.07, 6.45) is -2.61. The molecule has 2 nitrogen and oxygen atoms in total. The molecule has 0 heterocycles. The van der Waals surface area contributed by atoms with Gasteiger partial charge in [-0.3, -0.25) is 4.79 Å². The summed E-state index contributed by atoms with van der Waals surface area (Å²) in [6, 6.07) is 12.4. The molecule has 0 saturated carbocycles. The number of carbonyl (C=O) groups is 1. The number of carbonyl (C=O) groups excluding carboxylic acids is 1. The van der Waals surface area contributed by atoms with Crippen LogP contribution in [0.2, 0.25) is 0 Å². The molecule has 0 radical (unpaired) electrons. The fourth-order valence-electron chi connectivity index (χ4n) is 2.24. The van der Waals surface area contributed by atoms with E-state index in [0.29, 0.717) is 0 Å². The van der Waals surface area contributed by atoms with Crippen LogP contribution in [0.15, 0.2) is 53.4 Å². The van der Waals surface area contributed by atoms with Crippen molar-refractivity contribution >= 4 is 17.7 Å². The lowest BCUT2D eigenvalue weighted by atomic mass is 10.1. The Hall–Kier alpha value is -1.95. The standard InChI is InChI=1S/C17H16F3NOS/c1-21(11-12-6-5-7-13(10-12)23-2)16(22)14-8-3-4-9-15(14)17(18,19)20/h3-10H,11H2,1-2H3. The summed E-state index contributed by atoms with van der Waals surface area (Å²) >= 11 is 1.57. The van der Waals surface area contributed by atoms with Gasteiger partial charge in [-0.15, -0.1) is 11.8 Å². The highest BCUT2D eigenvalue weighted by Gasteiger charge is 2.35. The third-order valence-corrected chi connectivity index (χ3v) is 4.09. The summed E-state index contributed by atoms with van der Waals surface area (Å²) in [7, 11) is 1.50. The predicted octanol–water partition coefficient (Wildman–Crippen LogP) is 4.70. The maximum absolute atomic E-state index is 13.0. The number of nitrogens with zero attached hydrogens (tertiary/aromatic N) is 1. The summed E-state index contributed by atoms with van der Waals surface area (Å²) in [5.74, 6) is -0.646. The number of benzene rings is 2. The van der Waals surface area contributed by atoms with Crippen molar-refractivity contribution in [3.8, 4) is 0 Å². The Labute approximate surface area is 137 Å². The van der Waals surface area contributed by atoms with E-state index in [1.54, 1.807) is 11.8 Å². The minimum absolute atomic E-state index is 0.249. The van der Waals surface area contributed by atoms with Crippen LogP contribution >= 0.6 is 11.8 Å². The van der Waals surface area contributed by atoms with Gasteiger partial charge in [0, 0.05) is 18.5 Å². The molecule has 23 heavy (non-hydrogen) atoms. The van der Waals surface area contributed by atoms with Gasteiger partial charge >= 0.3 is 6.18 Å². The molecule has 0 bridgehead atoms. The lowest BCUT2D eigenvalue weighted by Gasteiger charge is -2.20. The minimum Gasteiger partial charge on any atom is -0.337 e. The summed E-state index contributed by atoms with van der Waals surface area (Å²) in [5, 5.41) is 0. The lowest BCUT2D eigenvalue weighted by molar-refractivity contribution is -0.138. The largest absolute Gasteiger partial charge is 0.417 e. The first-order valence-electron chi connectivity index (χ1n) is 6.87. The van der Waals surface area contributed by atoms with Crippen LogP contribution in [0.25, 0.3) is 0 Å². The Morgan fingerprint density at radius 3 is 2.48 bits per heavy atom. The molecular weight excluding hydrogens is 323 g/mol. The van der Waals surface area contributed by atoms with E-state index in [1.807, 2.05) is 30.5 Å². The van der Waals surface area contributed by atoms with Crippen molar-refractivity contribution in [2.45, 2.75) is 17.6 Å². The van der Waals surface area contributed by atoms with E-state index in [4.69, 9.17) is 0 Å². The molecule has 2 aromatic rings. The van der Waals surface area contributed by atoms with Crippen LogP contribution in [0.5, 0.6) is 0 Å². The van der Waals surface area contributed by atoms with Crippen LogP contribution in [0, 0.1) is 0 Å². The molecule has 0 aliphatic rings. The Balaban J connectivity index is 2.23. The molecule has 0 aliphatic carbocycles.